The van der Waals surface area contributed by atoms with E-state index >= 15 is 0 Å². The second-order valence-electron chi connectivity index (χ2n) is 21.0. The number of nitro groups is 1. The average Bonchev–Trinajstić information content (AvgIpc) is 4.04. The lowest BCUT2D eigenvalue weighted by molar-refractivity contribution is -0.384. The number of sulfonamides is 1. The van der Waals surface area contributed by atoms with E-state index in [9.17, 15) is 23.3 Å². The highest BCUT2D eigenvalue weighted by Gasteiger charge is 2.32. The number of halogens is 1. The summed E-state index contributed by atoms with van der Waals surface area (Å²) >= 11 is 6.31. The maximum Gasteiger partial charge on any atom is 0.293 e. The van der Waals surface area contributed by atoms with Gasteiger partial charge in [0, 0.05) is 81.9 Å². The Kier molecular flexibility index (Phi) is 15.8. The second kappa shape index (κ2) is 22.9. The molecule has 7 aromatic rings. The molecular weight excluding hydrogens is 1030 g/mol. The van der Waals surface area contributed by atoms with E-state index < -0.39 is 31.4 Å². The molecule has 0 unspecified atom stereocenters. The van der Waals surface area contributed by atoms with Gasteiger partial charge in [0.05, 0.1) is 47.5 Å². The van der Waals surface area contributed by atoms with Gasteiger partial charge in [0.1, 0.15) is 28.5 Å². The molecule has 1 aliphatic carbocycles. The molecule has 1 aromatic heterocycles. The van der Waals surface area contributed by atoms with Crippen LogP contribution in [-0.4, -0.2) is 107 Å². The lowest BCUT2D eigenvalue weighted by Gasteiger charge is -2.39. The fourth-order valence-electron chi connectivity index (χ4n) is 11.0. The van der Waals surface area contributed by atoms with Crippen molar-refractivity contribution in [1.29, 1.82) is 0 Å². The summed E-state index contributed by atoms with van der Waals surface area (Å²) in [6.45, 7) is 9.50. The molecule has 2 saturated heterocycles. The number of aromatic nitrogens is 2. The molecule has 6 aromatic carbocycles. The van der Waals surface area contributed by atoms with E-state index in [1.54, 1.807) is 56.8 Å². The largest absolute Gasteiger partial charge is 0.497 e. The summed E-state index contributed by atoms with van der Waals surface area (Å²) < 4.78 is 55.8. The fourth-order valence-corrected chi connectivity index (χ4v) is 12.1. The highest BCUT2D eigenvalue weighted by Crippen LogP contribution is 2.44. The summed E-state index contributed by atoms with van der Waals surface area (Å²) in [5.74, 6) is 0.869. The van der Waals surface area contributed by atoms with E-state index in [1.165, 1.54) is 28.8 Å². The normalized spacial score (nSPS) is 16.3. The summed E-state index contributed by atoms with van der Waals surface area (Å²) in [5.41, 5.74) is 7.99. The van der Waals surface area contributed by atoms with Crippen LogP contribution in [0, 0.1) is 15.5 Å². The maximum absolute atomic E-state index is 14.5. The quantitative estimate of drug-likeness (QED) is 0.0675. The van der Waals surface area contributed by atoms with Crippen LogP contribution in [-0.2, 0) is 14.8 Å². The average molecular weight is 1090 g/mol. The highest BCUT2D eigenvalue weighted by atomic mass is 35.5. The first-order valence-corrected chi connectivity index (χ1v) is 28.1. The van der Waals surface area contributed by atoms with Gasteiger partial charge < -0.3 is 33.3 Å². The molecule has 406 valence electrons. The van der Waals surface area contributed by atoms with Crippen LogP contribution in [0.2, 0.25) is 5.02 Å². The van der Waals surface area contributed by atoms with Crippen LogP contribution in [0.15, 0.2) is 144 Å². The second-order valence-corrected chi connectivity index (χ2v) is 23.1. The molecule has 1 N–H and O–H groups in total. The van der Waals surface area contributed by atoms with E-state index in [4.69, 9.17) is 35.5 Å². The van der Waals surface area contributed by atoms with Gasteiger partial charge in [-0.25, -0.2) is 18.1 Å². The van der Waals surface area contributed by atoms with Crippen molar-refractivity contribution in [2.75, 3.05) is 77.0 Å². The Morgan fingerprint density at radius 2 is 1.54 bits per heavy atom. The van der Waals surface area contributed by atoms with Crippen LogP contribution in [0.25, 0.3) is 16.6 Å². The Morgan fingerprint density at radius 1 is 0.872 bits per heavy atom. The molecule has 0 bridgehead atoms. The number of imidazole rings is 1. The zero-order chi connectivity index (χ0) is 54.7. The van der Waals surface area contributed by atoms with Crippen LogP contribution in [0.5, 0.6) is 23.0 Å². The topological polar surface area (TPSA) is 171 Å². The van der Waals surface area contributed by atoms with Crippen LogP contribution in [0.1, 0.15) is 79.0 Å². The number of nitro benzene ring substituents is 1. The van der Waals surface area contributed by atoms with E-state index in [0.29, 0.717) is 61.9 Å². The van der Waals surface area contributed by atoms with Gasteiger partial charge in [0.2, 0.25) is 0 Å². The molecule has 2 aliphatic heterocycles. The van der Waals surface area contributed by atoms with Gasteiger partial charge in [0.25, 0.3) is 21.6 Å². The number of amides is 1. The van der Waals surface area contributed by atoms with Crippen molar-refractivity contribution in [2.45, 2.75) is 62.9 Å². The number of benzene rings is 6. The van der Waals surface area contributed by atoms with Gasteiger partial charge in [0.15, 0.2) is 5.75 Å². The first-order chi connectivity index (χ1) is 37.6. The number of rotatable bonds is 17. The summed E-state index contributed by atoms with van der Waals surface area (Å²) in [6, 6.07) is 37.8. The molecule has 3 heterocycles. The van der Waals surface area contributed by atoms with Gasteiger partial charge in [-0.3, -0.25) is 19.8 Å². The number of methoxy groups -OCH3 is 2. The summed E-state index contributed by atoms with van der Waals surface area (Å²) in [5, 5.41) is 13.2. The Labute approximate surface area is 460 Å². The van der Waals surface area contributed by atoms with Crippen molar-refractivity contribution >= 4 is 61.2 Å². The predicted octanol–water partition coefficient (Wildman–Crippen LogP) is 11.6. The Morgan fingerprint density at radius 3 is 2.18 bits per heavy atom. The third kappa shape index (κ3) is 11.7. The fraction of sp³-hybridized carbons (Fsp3) is 0.333. The third-order valence-corrected chi connectivity index (χ3v) is 17.0. The van der Waals surface area contributed by atoms with Crippen molar-refractivity contribution in [2.24, 2.45) is 5.41 Å². The predicted molar refractivity (Wildman–Crippen MR) is 304 cm³/mol. The maximum atomic E-state index is 14.5. The number of nitrogens with zero attached hydrogens (tertiary/aromatic N) is 6. The highest BCUT2D eigenvalue weighted by molar-refractivity contribution is 7.90. The Balaban J connectivity index is 0.969. The minimum Gasteiger partial charge on any atom is -0.497 e. The van der Waals surface area contributed by atoms with E-state index in [-0.39, 0.29) is 34.5 Å². The van der Waals surface area contributed by atoms with Gasteiger partial charge in [-0.05, 0) is 133 Å². The standard InChI is InChI=1S/C60H64ClN7O9S/c1-60(2)28-25-43(51(37-60)40-9-15-44(61)16-10-40)38-65-29-31-66(32-30-65)46-17-23-50(59(69)63-78(72,73)49-22-24-52(54(36-49)68(70)71)64(3)45-26-33-76-34-27-45)56(35-46)77-55-8-6-7-53-57(55)62-39-67(53)58(41-11-18-47(74-4)19-12-41)42-13-20-48(75-5)21-14-42/h6-24,35-36,39,45,58H,25-34,37-38H2,1-5H3,(H,63,69). The number of nitrogens with one attached hydrogen (secondary N) is 1. The number of allylic oxidation sites excluding steroid dienone is 1. The molecule has 0 radical (unpaired) electrons. The minimum absolute atomic E-state index is 0.0334. The first kappa shape index (κ1) is 53.9. The molecule has 2 fully saturated rings. The summed E-state index contributed by atoms with van der Waals surface area (Å²) in [4.78, 5) is 37.4. The lowest BCUT2D eigenvalue weighted by atomic mass is 9.72. The van der Waals surface area contributed by atoms with E-state index in [1.807, 2.05) is 72.8 Å². The molecule has 1 amide bonds. The molecule has 3 aliphatic rings. The molecule has 0 atom stereocenters. The van der Waals surface area contributed by atoms with Crippen molar-refractivity contribution in [3.8, 4) is 23.0 Å². The van der Waals surface area contributed by atoms with Crippen molar-refractivity contribution in [3.63, 3.8) is 0 Å². The van der Waals surface area contributed by atoms with Gasteiger partial charge in [-0.1, -0.05) is 73.5 Å². The third-order valence-electron chi connectivity index (χ3n) is 15.5. The molecule has 18 heteroatoms. The number of hydrogen-bond donors (Lipinski definition) is 1. The smallest absolute Gasteiger partial charge is 0.293 e. The Bertz CT molecular complexity index is 3420. The Hall–Kier alpha value is -7.44. The zero-order valence-electron chi connectivity index (χ0n) is 44.5. The molecule has 16 nitrogen and oxygen atoms in total. The van der Waals surface area contributed by atoms with Crippen molar-refractivity contribution < 1.29 is 37.1 Å². The number of ether oxygens (including phenoxy) is 4. The van der Waals surface area contributed by atoms with Gasteiger partial charge in [-0.2, -0.15) is 0 Å². The number of carbonyl (C=O) groups is 1. The number of para-hydroxylation sites is 1. The van der Waals surface area contributed by atoms with E-state index in [2.05, 4.69) is 45.1 Å². The molecule has 0 saturated carbocycles. The van der Waals surface area contributed by atoms with Crippen molar-refractivity contribution in [3.05, 3.63) is 177 Å². The molecule has 0 spiro atoms. The van der Waals surface area contributed by atoms with E-state index in [0.717, 1.165) is 72.3 Å². The van der Waals surface area contributed by atoms with Crippen LogP contribution in [0.3, 0.4) is 0 Å². The SMILES string of the molecule is COc1ccc(C(c2ccc(OC)cc2)n2cnc3c(Oc4cc(N5CCN(CC6=C(c7ccc(Cl)cc7)CC(C)(C)CC6)CC5)ccc4C(=O)NS(=O)(=O)c4ccc(N(C)C5CCOCC5)c([N+](=O)[O-])c4)cccc32)cc1. The zero-order valence-corrected chi connectivity index (χ0v) is 46.1. The molecule has 78 heavy (non-hydrogen) atoms. The molecule has 10 rings (SSSR count). The lowest BCUT2D eigenvalue weighted by Crippen LogP contribution is -2.47. The number of hydrogen-bond acceptors (Lipinski definition) is 13. The first-order valence-electron chi connectivity index (χ1n) is 26.2. The number of piperazine rings is 1. The van der Waals surface area contributed by atoms with Gasteiger partial charge in [-0.15, -0.1) is 0 Å². The van der Waals surface area contributed by atoms with Crippen molar-refractivity contribution in [1.82, 2.24) is 19.2 Å². The van der Waals surface area contributed by atoms with Gasteiger partial charge >= 0.3 is 0 Å². The number of anilines is 2. The summed E-state index contributed by atoms with van der Waals surface area (Å²) in [7, 11) is 0.344. The minimum atomic E-state index is -4.66. The molecular formula is C60H64ClN7O9S. The van der Waals surface area contributed by atoms with Crippen LogP contribution in [0.4, 0.5) is 17.1 Å². The summed E-state index contributed by atoms with van der Waals surface area (Å²) in [6.07, 6.45) is 6.21. The number of fused-ring (bicyclic) bond motifs is 1. The monoisotopic (exact) mass is 1090 g/mol. The number of carbonyl (C=O) groups excluding carboxylic acids is 1. The van der Waals surface area contributed by atoms with Crippen LogP contribution < -0.4 is 28.7 Å². The van der Waals surface area contributed by atoms with Crippen LogP contribution >= 0.6 is 11.6 Å².